The van der Waals surface area contributed by atoms with Gasteiger partial charge < -0.3 is 14.6 Å². The fourth-order valence-corrected chi connectivity index (χ4v) is 2.18. The fraction of sp³-hybridized carbons (Fsp3) is 0.417. The molecule has 0 amide bonds. The van der Waals surface area contributed by atoms with E-state index in [0.29, 0.717) is 18.4 Å². The SMILES string of the molecule is O=[N+]([O-])c1cccc2c1ncn2CCCCCB(O)O. The number of benzene rings is 1. The van der Waals surface area contributed by atoms with Crippen LogP contribution in [0.25, 0.3) is 11.0 Å². The lowest BCUT2D eigenvalue weighted by Gasteiger charge is -2.04. The minimum absolute atomic E-state index is 0.0182. The standard InChI is InChI=1S/C12H16BN3O4/c17-13(18)7-2-1-3-8-15-9-14-12-10(15)5-4-6-11(12)16(19)20/h4-6,9,17-18H,1-3,7-8H2. The van der Waals surface area contributed by atoms with Crippen LogP contribution in [0.4, 0.5) is 5.69 Å². The summed E-state index contributed by atoms with van der Waals surface area (Å²) in [5.74, 6) is 0. The molecule has 7 nitrogen and oxygen atoms in total. The third-order valence-electron chi connectivity index (χ3n) is 3.19. The van der Waals surface area contributed by atoms with Gasteiger partial charge in [-0.25, -0.2) is 4.98 Å². The Labute approximate surface area is 116 Å². The van der Waals surface area contributed by atoms with Crippen molar-refractivity contribution in [2.75, 3.05) is 0 Å². The molecule has 0 aliphatic carbocycles. The summed E-state index contributed by atoms with van der Waals surface area (Å²) in [5, 5.41) is 28.4. The molecule has 1 aromatic carbocycles. The Morgan fingerprint density at radius 3 is 2.80 bits per heavy atom. The largest absolute Gasteiger partial charge is 0.451 e. The number of aryl methyl sites for hydroxylation is 1. The van der Waals surface area contributed by atoms with Crippen LogP contribution in [0.3, 0.4) is 0 Å². The molecule has 8 heteroatoms. The number of nitro benzene ring substituents is 1. The first-order chi connectivity index (χ1) is 9.59. The third kappa shape index (κ3) is 3.34. The zero-order chi connectivity index (χ0) is 14.5. The highest BCUT2D eigenvalue weighted by Crippen LogP contribution is 2.24. The number of fused-ring (bicyclic) bond motifs is 1. The number of para-hydroxylation sites is 1. The molecule has 0 bridgehead atoms. The maximum atomic E-state index is 10.9. The summed E-state index contributed by atoms with van der Waals surface area (Å²) in [7, 11) is -1.24. The lowest BCUT2D eigenvalue weighted by Crippen LogP contribution is -2.09. The fourth-order valence-electron chi connectivity index (χ4n) is 2.18. The zero-order valence-corrected chi connectivity index (χ0v) is 11.0. The average molecular weight is 277 g/mol. The number of imidazole rings is 1. The molecule has 0 saturated heterocycles. The summed E-state index contributed by atoms with van der Waals surface area (Å²) in [6.07, 6.45) is 4.45. The number of nitro groups is 1. The first kappa shape index (κ1) is 14.5. The molecule has 0 unspecified atom stereocenters. The van der Waals surface area contributed by atoms with Crippen molar-refractivity contribution < 1.29 is 15.0 Å². The van der Waals surface area contributed by atoms with Crippen molar-refractivity contribution in [1.29, 1.82) is 0 Å². The molecular weight excluding hydrogens is 261 g/mol. The highest BCUT2D eigenvalue weighted by atomic mass is 16.6. The van der Waals surface area contributed by atoms with Crippen molar-refractivity contribution in [2.45, 2.75) is 32.1 Å². The number of rotatable bonds is 7. The van der Waals surface area contributed by atoms with E-state index in [0.717, 1.165) is 24.8 Å². The smallest absolute Gasteiger partial charge is 0.427 e. The summed E-state index contributed by atoms with van der Waals surface area (Å²) in [6, 6.07) is 4.91. The van der Waals surface area contributed by atoms with Crippen molar-refractivity contribution in [3.63, 3.8) is 0 Å². The number of unbranched alkanes of at least 4 members (excludes halogenated alkanes) is 2. The molecule has 0 atom stereocenters. The van der Waals surface area contributed by atoms with Gasteiger partial charge in [-0.2, -0.15) is 0 Å². The second-order valence-electron chi connectivity index (χ2n) is 4.67. The van der Waals surface area contributed by atoms with E-state index in [1.54, 1.807) is 12.4 Å². The van der Waals surface area contributed by atoms with Gasteiger partial charge in [0.05, 0.1) is 16.8 Å². The molecule has 1 aromatic heterocycles. The second-order valence-corrected chi connectivity index (χ2v) is 4.67. The van der Waals surface area contributed by atoms with Crippen LogP contribution in [-0.4, -0.2) is 31.6 Å². The van der Waals surface area contributed by atoms with E-state index in [1.165, 1.54) is 6.07 Å². The third-order valence-corrected chi connectivity index (χ3v) is 3.19. The van der Waals surface area contributed by atoms with E-state index in [4.69, 9.17) is 10.0 Å². The molecule has 0 spiro atoms. The van der Waals surface area contributed by atoms with Gasteiger partial charge in [0, 0.05) is 12.6 Å². The van der Waals surface area contributed by atoms with Crippen LogP contribution in [0.5, 0.6) is 0 Å². The normalized spacial score (nSPS) is 10.9. The van der Waals surface area contributed by atoms with Crippen molar-refractivity contribution in [3.05, 3.63) is 34.6 Å². The van der Waals surface area contributed by atoms with Crippen LogP contribution in [-0.2, 0) is 6.54 Å². The summed E-state index contributed by atoms with van der Waals surface area (Å²) >= 11 is 0. The number of aromatic nitrogens is 2. The van der Waals surface area contributed by atoms with Crippen LogP contribution in [0.1, 0.15) is 19.3 Å². The van der Waals surface area contributed by atoms with Gasteiger partial charge in [-0.05, 0) is 18.8 Å². The van der Waals surface area contributed by atoms with E-state index in [2.05, 4.69) is 4.98 Å². The Balaban J connectivity index is 2.01. The number of hydrogen-bond acceptors (Lipinski definition) is 5. The van der Waals surface area contributed by atoms with Gasteiger partial charge >= 0.3 is 7.12 Å². The summed E-state index contributed by atoms with van der Waals surface area (Å²) in [4.78, 5) is 14.6. The van der Waals surface area contributed by atoms with Gasteiger partial charge in [0.1, 0.15) is 0 Å². The van der Waals surface area contributed by atoms with Gasteiger partial charge in [0.15, 0.2) is 5.52 Å². The Hall–Kier alpha value is -1.93. The van der Waals surface area contributed by atoms with Crippen LogP contribution in [0.2, 0.25) is 6.32 Å². The molecule has 2 N–H and O–H groups in total. The van der Waals surface area contributed by atoms with Crippen LogP contribution >= 0.6 is 0 Å². The molecule has 0 radical (unpaired) electrons. The van der Waals surface area contributed by atoms with Gasteiger partial charge in [-0.15, -0.1) is 0 Å². The Morgan fingerprint density at radius 1 is 1.30 bits per heavy atom. The van der Waals surface area contributed by atoms with E-state index < -0.39 is 12.0 Å². The van der Waals surface area contributed by atoms with Crippen molar-refractivity contribution >= 4 is 23.8 Å². The maximum absolute atomic E-state index is 10.9. The Kier molecular flexibility index (Phi) is 4.70. The Bertz CT molecular complexity index is 599. The topological polar surface area (TPSA) is 101 Å². The molecule has 1 heterocycles. The summed E-state index contributed by atoms with van der Waals surface area (Å²) < 4.78 is 1.89. The number of nitrogens with zero attached hydrogens (tertiary/aromatic N) is 3. The molecule has 2 rings (SSSR count). The van der Waals surface area contributed by atoms with Gasteiger partial charge in [-0.1, -0.05) is 18.9 Å². The number of hydrogen-bond donors (Lipinski definition) is 2. The highest BCUT2D eigenvalue weighted by molar-refractivity contribution is 6.40. The van der Waals surface area contributed by atoms with Gasteiger partial charge in [0.2, 0.25) is 0 Å². The first-order valence-corrected chi connectivity index (χ1v) is 6.54. The average Bonchev–Trinajstić information content (AvgIpc) is 2.81. The van der Waals surface area contributed by atoms with Gasteiger partial charge in [0.25, 0.3) is 5.69 Å². The molecule has 20 heavy (non-hydrogen) atoms. The molecule has 106 valence electrons. The maximum Gasteiger partial charge on any atom is 0.451 e. The van der Waals surface area contributed by atoms with Crippen molar-refractivity contribution in [2.24, 2.45) is 0 Å². The molecule has 2 aromatic rings. The number of non-ortho nitro benzene ring substituents is 1. The van der Waals surface area contributed by atoms with E-state index >= 15 is 0 Å². The van der Waals surface area contributed by atoms with E-state index in [1.807, 2.05) is 10.6 Å². The zero-order valence-electron chi connectivity index (χ0n) is 11.0. The molecule has 0 aliphatic heterocycles. The summed E-state index contributed by atoms with van der Waals surface area (Å²) in [5.41, 5.74) is 1.18. The second kappa shape index (κ2) is 6.49. The predicted octanol–water partition coefficient (Wildman–Crippen LogP) is 1.59. The van der Waals surface area contributed by atoms with Gasteiger partial charge in [-0.3, -0.25) is 10.1 Å². The van der Waals surface area contributed by atoms with Crippen LogP contribution in [0, 0.1) is 10.1 Å². The molecule has 0 saturated carbocycles. The monoisotopic (exact) mass is 277 g/mol. The highest BCUT2D eigenvalue weighted by Gasteiger charge is 2.15. The lowest BCUT2D eigenvalue weighted by molar-refractivity contribution is -0.383. The predicted molar refractivity (Wildman–Crippen MR) is 75.2 cm³/mol. The molecular formula is C12H16BN3O4. The lowest BCUT2D eigenvalue weighted by atomic mass is 9.83. The van der Waals surface area contributed by atoms with E-state index in [9.17, 15) is 10.1 Å². The van der Waals surface area contributed by atoms with Crippen molar-refractivity contribution in [1.82, 2.24) is 9.55 Å². The Morgan fingerprint density at radius 2 is 2.10 bits per heavy atom. The van der Waals surface area contributed by atoms with Crippen LogP contribution < -0.4 is 0 Å². The summed E-state index contributed by atoms with van der Waals surface area (Å²) in [6.45, 7) is 0.708. The first-order valence-electron chi connectivity index (χ1n) is 6.54. The molecule has 0 aliphatic rings. The van der Waals surface area contributed by atoms with E-state index in [-0.39, 0.29) is 5.69 Å². The minimum atomic E-state index is -1.24. The molecule has 0 fully saturated rings. The van der Waals surface area contributed by atoms with Crippen molar-refractivity contribution in [3.8, 4) is 0 Å². The van der Waals surface area contributed by atoms with Crippen LogP contribution in [0.15, 0.2) is 24.5 Å². The quantitative estimate of drug-likeness (QED) is 0.346. The minimum Gasteiger partial charge on any atom is -0.427 e.